The number of nitrogens with zero attached hydrogens (tertiary/aromatic N) is 2. The van der Waals surface area contributed by atoms with E-state index in [4.69, 9.17) is 28.5 Å². The van der Waals surface area contributed by atoms with Crippen molar-refractivity contribution in [2.45, 2.75) is 12.8 Å². The summed E-state index contributed by atoms with van der Waals surface area (Å²) in [4.78, 5) is 3.53. The fourth-order valence-corrected chi connectivity index (χ4v) is 1.48. The zero-order valence-electron chi connectivity index (χ0n) is 6.77. The molecule has 0 spiro atoms. The van der Waals surface area contributed by atoms with Crippen LogP contribution in [-0.2, 0) is 6.42 Å². The van der Waals surface area contributed by atoms with Gasteiger partial charge in [-0.15, -0.1) is 0 Å². The quantitative estimate of drug-likeness (QED) is 0.739. The van der Waals surface area contributed by atoms with Crippen molar-refractivity contribution in [1.82, 2.24) is 4.98 Å². The predicted molar refractivity (Wildman–Crippen MR) is 48.5 cm³/mol. The average molecular weight is 237 g/mol. The van der Waals surface area contributed by atoms with Crippen LogP contribution in [0.25, 0.3) is 0 Å². The molecule has 2 nitrogen and oxygen atoms in total. The lowest BCUT2D eigenvalue weighted by Crippen LogP contribution is -1.96. The first-order valence-electron chi connectivity index (χ1n) is 3.55. The normalized spacial score (nSPS) is 10.3. The molecule has 74 valence electrons. The molecule has 0 N–H and O–H groups in total. The van der Waals surface area contributed by atoms with E-state index >= 15 is 0 Å². The second-order valence-corrected chi connectivity index (χ2v) is 3.17. The molecule has 0 aromatic carbocycles. The third kappa shape index (κ3) is 2.11. The van der Waals surface area contributed by atoms with Gasteiger partial charge in [-0.1, -0.05) is 23.2 Å². The van der Waals surface area contributed by atoms with Crippen LogP contribution in [0.1, 0.15) is 17.6 Å². The van der Waals surface area contributed by atoms with E-state index in [2.05, 4.69) is 4.98 Å². The predicted octanol–water partition coefficient (Wildman–Crippen LogP) is 3.39. The highest BCUT2D eigenvalue weighted by molar-refractivity contribution is 6.35. The molecule has 0 saturated carbocycles. The van der Waals surface area contributed by atoms with Gasteiger partial charge in [0.1, 0.15) is 5.15 Å². The largest absolute Gasteiger partial charge is 0.268 e. The molecule has 14 heavy (non-hydrogen) atoms. The van der Waals surface area contributed by atoms with E-state index in [0.717, 1.165) is 0 Å². The molecule has 1 heterocycles. The van der Waals surface area contributed by atoms with Gasteiger partial charge in [0.05, 0.1) is 23.1 Å². The van der Waals surface area contributed by atoms with Gasteiger partial charge in [-0.25, -0.2) is 13.8 Å². The molecule has 1 aromatic rings. The van der Waals surface area contributed by atoms with Crippen molar-refractivity contribution in [3.05, 3.63) is 27.5 Å². The Labute approximate surface area is 89.1 Å². The second kappa shape index (κ2) is 4.54. The summed E-state index contributed by atoms with van der Waals surface area (Å²) in [5, 5.41) is 7.88. The van der Waals surface area contributed by atoms with Crippen molar-refractivity contribution in [1.29, 1.82) is 5.26 Å². The highest BCUT2D eigenvalue weighted by Crippen LogP contribution is 2.34. The number of hydrogen-bond acceptors (Lipinski definition) is 2. The summed E-state index contributed by atoms with van der Waals surface area (Å²) in [6, 6.07) is 1.80. The number of nitriles is 1. The fraction of sp³-hybridized carbons (Fsp3) is 0.250. The Balaban J connectivity index is 3.28. The van der Waals surface area contributed by atoms with E-state index < -0.39 is 12.0 Å². The Morgan fingerprint density at radius 2 is 2.14 bits per heavy atom. The summed E-state index contributed by atoms with van der Waals surface area (Å²) in [7, 11) is 0. The smallest absolute Gasteiger partial charge is 0.244 e. The Bertz CT molecular complexity index is 388. The van der Waals surface area contributed by atoms with Gasteiger partial charge in [0.25, 0.3) is 6.43 Å². The zero-order chi connectivity index (χ0) is 10.7. The molecule has 0 bridgehead atoms. The summed E-state index contributed by atoms with van der Waals surface area (Å²) in [6.45, 7) is 0. The van der Waals surface area contributed by atoms with Crippen LogP contribution in [0.4, 0.5) is 8.78 Å². The van der Waals surface area contributed by atoms with Crippen molar-refractivity contribution in [2.75, 3.05) is 0 Å². The third-order valence-electron chi connectivity index (χ3n) is 1.56. The molecule has 1 aromatic heterocycles. The van der Waals surface area contributed by atoms with Crippen LogP contribution >= 0.6 is 23.2 Å². The molecule has 0 saturated heterocycles. The molecule has 0 radical (unpaired) electrons. The van der Waals surface area contributed by atoms with Crippen molar-refractivity contribution in [3.8, 4) is 6.07 Å². The van der Waals surface area contributed by atoms with Gasteiger partial charge in [-0.05, 0) is 0 Å². The third-order valence-corrected chi connectivity index (χ3v) is 2.31. The van der Waals surface area contributed by atoms with Crippen LogP contribution < -0.4 is 0 Å². The summed E-state index contributed by atoms with van der Waals surface area (Å²) >= 11 is 11.1. The summed E-state index contributed by atoms with van der Waals surface area (Å²) in [5.74, 6) is 0. The maximum absolute atomic E-state index is 12.4. The summed E-state index contributed by atoms with van der Waals surface area (Å²) < 4.78 is 24.8. The Morgan fingerprint density at radius 3 is 2.64 bits per heavy atom. The van der Waals surface area contributed by atoms with E-state index in [1.54, 1.807) is 6.07 Å². The Morgan fingerprint density at radius 1 is 1.50 bits per heavy atom. The van der Waals surface area contributed by atoms with Crippen LogP contribution in [0, 0.1) is 11.3 Å². The monoisotopic (exact) mass is 236 g/mol. The van der Waals surface area contributed by atoms with Gasteiger partial charge in [-0.2, -0.15) is 5.26 Å². The first-order chi connectivity index (χ1) is 6.57. The number of halogens is 4. The molecule has 0 aliphatic rings. The Kier molecular flexibility index (Phi) is 3.62. The van der Waals surface area contributed by atoms with E-state index in [0.29, 0.717) is 0 Å². The maximum Gasteiger partial charge on any atom is 0.268 e. The highest BCUT2D eigenvalue weighted by Gasteiger charge is 2.19. The molecule has 6 heteroatoms. The van der Waals surface area contributed by atoms with Gasteiger partial charge >= 0.3 is 0 Å². The standard InChI is InChI=1S/C8H4Cl2F2N2/c9-6-4(1-2-13)3-14-7(10)5(6)8(11)12/h3,8H,1H2. The molecule has 1 rings (SSSR count). The second-order valence-electron chi connectivity index (χ2n) is 2.44. The lowest BCUT2D eigenvalue weighted by molar-refractivity contribution is 0.151. The minimum atomic E-state index is -2.79. The average Bonchev–Trinajstić information content (AvgIpc) is 2.10. The lowest BCUT2D eigenvalue weighted by Gasteiger charge is -2.07. The van der Waals surface area contributed by atoms with E-state index in [1.165, 1.54) is 6.20 Å². The van der Waals surface area contributed by atoms with E-state index in [1.807, 2.05) is 0 Å². The van der Waals surface area contributed by atoms with E-state index in [9.17, 15) is 8.78 Å². The van der Waals surface area contributed by atoms with Crippen LogP contribution in [0.2, 0.25) is 10.2 Å². The fourth-order valence-electron chi connectivity index (χ4n) is 0.919. The first-order valence-corrected chi connectivity index (χ1v) is 4.31. The molecule has 0 amide bonds. The van der Waals surface area contributed by atoms with Gasteiger partial charge in [0.15, 0.2) is 0 Å². The SMILES string of the molecule is N#CCc1cnc(Cl)c(C(F)F)c1Cl. The van der Waals surface area contributed by atoms with Crippen LogP contribution in [-0.4, -0.2) is 4.98 Å². The zero-order valence-corrected chi connectivity index (χ0v) is 8.28. The van der Waals surface area contributed by atoms with Crippen LogP contribution in [0.15, 0.2) is 6.20 Å². The van der Waals surface area contributed by atoms with Gasteiger partial charge in [0.2, 0.25) is 0 Å². The maximum atomic E-state index is 12.4. The highest BCUT2D eigenvalue weighted by atomic mass is 35.5. The first kappa shape index (κ1) is 11.2. The summed E-state index contributed by atoms with van der Waals surface area (Å²) in [5.41, 5.74) is -0.255. The molecule has 0 fully saturated rings. The van der Waals surface area contributed by atoms with Crippen molar-refractivity contribution in [2.24, 2.45) is 0 Å². The van der Waals surface area contributed by atoms with Crippen molar-refractivity contribution >= 4 is 23.2 Å². The molecule has 0 unspecified atom stereocenters. The topological polar surface area (TPSA) is 36.7 Å². The molecule has 0 aliphatic heterocycles. The minimum absolute atomic E-state index is 0.0667. The molecule has 0 atom stereocenters. The number of hydrogen-bond donors (Lipinski definition) is 0. The van der Waals surface area contributed by atoms with Crippen molar-refractivity contribution in [3.63, 3.8) is 0 Å². The van der Waals surface area contributed by atoms with Crippen molar-refractivity contribution < 1.29 is 8.78 Å². The van der Waals surface area contributed by atoms with Gasteiger partial charge in [-0.3, -0.25) is 0 Å². The number of pyridine rings is 1. The number of alkyl halides is 2. The minimum Gasteiger partial charge on any atom is -0.244 e. The van der Waals surface area contributed by atoms with E-state index in [-0.39, 0.29) is 22.2 Å². The van der Waals surface area contributed by atoms with Crippen LogP contribution in [0.3, 0.4) is 0 Å². The van der Waals surface area contributed by atoms with Gasteiger partial charge in [0, 0.05) is 11.8 Å². The molecular weight excluding hydrogens is 233 g/mol. The molecule has 0 aliphatic carbocycles. The number of aromatic nitrogens is 1. The van der Waals surface area contributed by atoms with Gasteiger partial charge < -0.3 is 0 Å². The molecular formula is C8H4Cl2F2N2. The number of rotatable bonds is 2. The lowest BCUT2D eigenvalue weighted by atomic mass is 10.1. The van der Waals surface area contributed by atoms with Crippen LogP contribution in [0.5, 0.6) is 0 Å². The summed E-state index contributed by atoms with van der Waals surface area (Å²) in [6.07, 6.45) is -1.64. The Hall–Kier alpha value is -0.920.